The van der Waals surface area contributed by atoms with Crippen LogP contribution in [0.15, 0.2) is 0 Å². The summed E-state index contributed by atoms with van der Waals surface area (Å²) >= 11 is 0. The smallest absolute Gasteiger partial charge is 0.129 e. The Balaban J connectivity index is 3.63. The Kier molecular flexibility index (Phi) is 4.30. The minimum absolute atomic E-state index is 0.0368. The Bertz CT molecular complexity index is 129. The van der Waals surface area contributed by atoms with Crippen molar-refractivity contribution < 1.29 is 15.0 Å². The van der Waals surface area contributed by atoms with E-state index in [1.54, 1.807) is 6.92 Å². The molecule has 66 valence electrons. The minimum atomic E-state index is -0.888. The highest BCUT2D eigenvalue weighted by atomic mass is 16.3. The van der Waals surface area contributed by atoms with Crippen molar-refractivity contribution >= 4 is 5.78 Å². The first-order valence-corrected chi connectivity index (χ1v) is 3.80. The van der Waals surface area contributed by atoms with E-state index < -0.39 is 5.60 Å². The topological polar surface area (TPSA) is 57.5 Å². The summed E-state index contributed by atoms with van der Waals surface area (Å²) in [6, 6.07) is 0. The van der Waals surface area contributed by atoms with Gasteiger partial charge in [0, 0.05) is 13.0 Å². The monoisotopic (exact) mass is 160 g/mol. The van der Waals surface area contributed by atoms with Crippen molar-refractivity contribution in [2.45, 2.75) is 38.7 Å². The Labute approximate surface area is 67.0 Å². The summed E-state index contributed by atoms with van der Waals surface area (Å²) in [5.41, 5.74) is -0.888. The number of carbonyl (C=O) groups excluding carboxylic acids is 1. The molecule has 0 saturated heterocycles. The molecule has 0 aromatic rings. The van der Waals surface area contributed by atoms with Gasteiger partial charge in [-0.05, 0) is 26.7 Å². The lowest BCUT2D eigenvalue weighted by Gasteiger charge is -2.20. The molecule has 11 heavy (non-hydrogen) atoms. The van der Waals surface area contributed by atoms with Gasteiger partial charge in [-0.2, -0.15) is 0 Å². The van der Waals surface area contributed by atoms with Crippen LogP contribution in [0.1, 0.15) is 33.1 Å². The maximum Gasteiger partial charge on any atom is 0.129 e. The van der Waals surface area contributed by atoms with E-state index >= 15 is 0 Å². The normalized spacial score (nSPS) is 16.0. The molecule has 1 atom stereocenters. The fraction of sp³-hybridized carbons (Fsp3) is 0.875. The predicted molar refractivity (Wildman–Crippen MR) is 42.2 cm³/mol. The van der Waals surface area contributed by atoms with Crippen molar-refractivity contribution in [1.29, 1.82) is 0 Å². The first kappa shape index (κ1) is 10.6. The molecule has 0 amide bonds. The van der Waals surface area contributed by atoms with Crippen molar-refractivity contribution in [3.8, 4) is 0 Å². The average Bonchev–Trinajstić information content (AvgIpc) is 1.84. The van der Waals surface area contributed by atoms with Crippen LogP contribution < -0.4 is 0 Å². The van der Waals surface area contributed by atoms with Crippen molar-refractivity contribution in [3.05, 3.63) is 0 Å². The van der Waals surface area contributed by atoms with E-state index in [9.17, 15) is 9.90 Å². The van der Waals surface area contributed by atoms with Crippen molar-refractivity contribution in [1.82, 2.24) is 0 Å². The van der Waals surface area contributed by atoms with Crippen molar-refractivity contribution in [2.24, 2.45) is 0 Å². The van der Waals surface area contributed by atoms with Gasteiger partial charge in [0.1, 0.15) is 5.78 Å². The maximum absolute atomic E-state index is 10.5. The second kappa shape index (κ2) is 4.46. The zero-order chi connectivity index (χ0) is 8.91. The van der Waals surface area contributed by atoms with Gasteiger partial charge in [-0.15, -0.1) is 0 Å². The second-order valence-corrected chi connectivity index (χ2v) is 3.17. The van der Waals surface area contributed by atoms with Gasteiger partial charge in [0.25, 0.3) is 0 Å². The predicted octanol–water partition coefficient (Wildman–Crippen LogP) is 0.489. The fourth-order valence-electron chi connectivity index (χ4n) is 0.811. The lowest BCUT2D eigenvalue weighted by Crippen LogP contribution is -2.26. The number of Topliss-reactive ketones (excluding diaryl/α,β-unsaturated/α-hetero) is 1. The van der Waals surface area contributed by atoms with Crippen LogP contribution in [0.3, 0.4) is 0 Å². The average molecular weight is 160 g/mol. The number of hydrogen-bond donors (Lipinski definition) is 2. The van der Waals surface area contributed by atoms with Crippen LogP contribution in [0.5, 0.6) is 0 Å². The molecule has 2 N–H and O–H groups in total. The zero-order valence-corrected chi connectivity index (χ0v) is 7.13. The summed E-state index contributed by atoms with van der Waals surface area (Å²) in [6.07, 6.45) is 1.15. The molecule has 0 radical (unpaired) electrons. The summed E-state index contributed by atoms with van der Waals surface area (Å²) in [6.45, 7) is 3.09. The molecule has 0 aliphatic carbocycles. The lowest BCUT2D eigenvalue weighted by molar-refractivity contribution is -0.118. The molecule has 0 saturated carbocycles. The molecule has 0 aliphatic heterocycles. The van der Waals surface area contributed by atoms with Crippen LogP contribution in [0.25, 0.3) is 0 Å². The quantitative estimate of drug-likeness (QED) is 0.615. The van der Waals surface area contributed by atoms with Crippen LogP contribution in [0.4, 0.5) is 0 Å². The molecule has 0 rings (SSSR count). The zero-order valence-electron chi connectivity index (χ0n) is 7.13. The first-order chi connectivity index (χ1) is 4.98. The molecular weight excluding hydrogens is 144 g/mol. The third-order valence-corrected chi connectivity index (χ3v) is 1.67. The molecule has 0 heterocycles. The molecule has 0 aromatic carbocycles. The van der Waals surface area contributed by atoms with E-state index in [2.05, 4.69) is 0 Å². The number of aliphatic hydroxyl groups excluding tert-OH is 1. The lowest BCUT2D eigenvalue weighted by atomic mass is 9.96. The molecule has 0 aliphatic rings. The summed E-state index contributed by atoms with van der Waals surface area (Å²) in [5, 5.41) is 18.0. The molecule has 0 fully saturated rings. The Morgan fingerprint density at radius 1 is 1.45 bits per heavy atom. The fourth-order valence-corrected chi connectivity index (χ4v) is 0.811. The van der Waals surface area contributed by atoms with Gasteiger partial charge in [0.15, 0.2) is 0 Å². The number of carbonyl (C=O) groups is 1. The van der Waals surface area contributed by atoms with Gasteiger partial charge in [-0.25, -0.2) is 0 Å². The highest BCUT2D eigenvalue weighted by Crippen LogP contribution is 2.15. The van der Waals surface area contributed by atoms with Crippen LogP contribution in [0.2, 0.25) is 0 Å². The van der Waals surface area contributed by atoms with E-state index in [-0.39, 0.29) is 12.4 Å². The van der Waals surface area contributed by atoms with E-state index in [0.29, 0.717) is 19.3 Å². The Morgan fingerprint density at radius 2 is 2.00 bits per heavy atom. The van der Waals surface area contributed by atoms with E-state index in [1.807, 2.05) is 0 Å². The number of hydrogen-bond acceptors (Lipinski definition) is 3. The molecular formula is C8H16O3. The van der Waals surface area contributed by atoms with Crippen molar-refractivity contribution in [3.63, 3.8) is 0 Å². The number of rotatable bonds is 5. The SMILES string of the molecule is CC(=O)CCC(C)(O)CCO. The molecule has 0 spiro atoms. The summed E-state index contributed by atoms with van der Waals surface area (Å²) in [4.78, 5) is 10.5. The third-order valence-electron chi connectivity index (χ3n) is 1.67. The molecule has 0 bridgehead atoms. The van der Waals surface area contributed by atoms with Gasteiger partial charge in [-0.3, -0.25) is 0 Å². The number of ketones is 1. The summed E-state index contributed by atoms with van der Waals surface area (Å²) in [7, 11) is 0. The molecule has 1 unspecified atom stereocenters. The first-order valence-electron chi connectivity index (χ1n) is 3.80. The Morgan fingerprint density at radius 3 is 2.36 bits per heavy atom. The highest BCUT2D eigenvalue weighted by molar-refractivity contribution is 5.75. The van der Waals surface area contributed by atoms with Crippen molar-refractivity contribution in [2.75, 3.05) is 6.61 Å². The van der Waals surface area contributed by atoms with Crippen LogP contribution in [0, 0.1) is 0 Å². The third kappa shape index (κ3) is 6.01. The Hall–Kier alpha value is -0.410. The molecule has 0 aromatic heterocycles. The van der Waals surface area contributed by atoms with Gasteiger partial charge < -0.3 is 15.0 Å². The van der Waals surface area contributed by atoms with E-state index in [1.165, 1.54) is 6.92 Å². The van der Waals surface area contributed by atoms with Crippen LogP contribution in [-0.2, 0) is 4.79 Å². The molecule has 3 nitrogen and oxygen atoms in total. The van der Waals surface area contributed by atoms with E-state index in [4.69, 9.17) is 5.11 Å². The summed E-state index contributed by atoms with van der Waals surface area (Å²) < 4.78 is 0. The van der Waals surface area contributed by atoms with Gasteiger partial charge >= 0.3 is 0 Å². The minimum Gasteiger partial charge on any atom is -0.396 e. The van der Waals surface area contributed by atoms with E-state index in [0.717, 1.165) is 0 Å². The molecule has 3 heteroatoms. The largest absolute Gasteiger partial charge is 0.396 e. The maximum atomic E-state index is 10.5. The van der Waals surface area contributed by atoms with Gasteiger partial charge in [0.2, 0.25) is 0 Å². The number of aliphatic hydroxyl groups is 2. The van der Waals surface area contributed by atoms with Crippen LogP contribution in [-0.4, -0.2) is 28.2 Å². The second-order valence-electron chi connectivity index (χ2n) is 3.17. The standard InChI is InChI=1S/C8H16O3/c1-7(10)3-4-8(2,11)5-6-9/h9,11H,3-6H2,1-2H3. The highest BCUT2D eigenvalue weighted by Gasteiger charge is 2.19. The van der Waals surface area contributed by atoms with Crippen LogP contribution >= 0.6 is 0 Å². The van der Waals surface area contributed by atoms with Gasteiger partial charge in [-0.1, -0.05) is 0 Å². The van der Waals surface area contributed by atoms with Gasteiger partial charge in [0.05, 0.1) is 5.60 Å². The summed E-state index contributed by atoms with van der Waals surface area (Å²) in [5.74, 6) is 0.0724.